The number of carboxylic acid groups (broad SMARTS) is 2. The number of ether oxygens (including phenoxy) is 1. The SMILES string of the molecule is N[C@@]1(C(=O)O)C(OCc2ccc(Cl)c(Cl)c2)CC2[C@H]1C2(F)C(=O)O. The Balaban J connectivity index is 1.76. The average Bonchev–Trinajstić information content (AvgIpc) is 2.98. The zero-order valence-corrected chi connectivity index (χ0v) is 13.7. The second-order valence-corrected chi connectivity index (χ2v) is 6.99. The van der Waals surface area contributed by atoms with Crippen molar-refractivity contribution in [3.63, 3.8) is 0 Å². The molecule has 0 aromatic heterocycles. The van der Waals surface area contributed by atoms with Gasteiger partial charge in [-0.25, -0.2) is 9.18 Å². The maximum atomic E-state index is 14.4. The van der Waals surface area contributed by atoms with Crippen molar-refractivity contribution < 1.29 is 28.9 Å². The summed E-state index contributed by atoms with van der Waals surface area (Å²) in [6, 6.07) is 4.79. The molecule has 9 heteroatoms. The quantitative estimate of drug-likeness (QED) is 0.724. The standard InChI is InChI=1S/C15H14Cl2FNO5/c16-8-2-1-6(3-9(8)17)5-24-10-4-7-11(14(7,18)12(20)21)15(10,19)13(22)23/h1-3,7,10-11H,4-5,19H2,(H,20,21)(H,22,23)/t7?,10?,11-,14?,15-/m0/s1. The zero-order chi connectivity index (χ0) is 17.9. The van der Waals surface area contributed by atoms with Crippen LogP contribution in [-0.4, -0.2) is 39.5 Å². The van der Waals surface area contributed by atoms with E-state index in [1.165, 1.54) is 0 Å². The van der Waals surface area contributed by atoms with Gasteiger partial charge in [-0.3, -0.25) is 4.79 Å². The lowest BCUT2D eigenvalue weighted by Crippen LogP contribution is -2.60. The fourth-order valence-electron chi connectivity index (χ4n) is 3.63. The summed E-state index contributed by atoms with van der Waals surface area (Å²) in [4.78, 5) is 22.7. The summed E-state index contributed by atoms with van der Waals surface area (Å²) < 4.78 is 20.0. The molecule has 130 valence electrons. The highest BCUT2D eigenvalue weighted by molar-refractivity contribution is 6.42. The second-order valence-electron chi connectivity index (χ2n) is 6.18. The second kappa shape index (κ2) is 5.56. The summed E-state index contributed by atoms with van der Waals surface area (Å²) in [5.74, 6) is -5.43. The Morgan fingerprint density at radius 3 is 2.50 bits per heavy atom. The predicted molar refractivity (Wildman–Crippen MR) is 82.7 cm³/mol. The Hall–Kier alpha value is -1.41. The van der Waals surface area contributed by atoms with Gasteiger partial charge in [-0.1, -0.05) is 29.3 Å². The Labute approximate surface area is 146 Å². The van der Waals surface area contributed by atoms with Crippen molar-refractivity contribution in [2.45, 2.75) is 30.3 Å². The van der Waals surface area contributed by atoms with E-state index in [1.807, 2.05) is 0 Å². The van der Waals surface area contributed by atoms with Crippen LogP contribution in [0.25, 0.3) is 0 Å². The molecular formula is C15H14Cl2FNO5. The maximum Gasteiger partial charge on any atom is 0.342 e. The van der Waals surface area contributed by atoms with Gasteiger partial charge < -0.3 is 20.7 Å². The van der Waals surface area contributed by atoms with Crippen molar-refractivity contribution in [2.24, 2.45) is 17.6 Å². The molecule has 2 aliphatic rings. The summed E-state index contributed by atoms with van der Waals surface area (Å²) in [6.45, 7) is -0.000414. The molecule has 0 saturated heterocycles. The van der Waals surface area contributed by atoms with Crippen molar-refractivity contribution >= 4 is 35.1 Å². The lowest BCUT2D eigenvalue weighted by atomic mass is 9.88. The molecule has 3 unspecified atom stereocenters. The van der Waals surface area contributed by atoms with Crippen LogP contribution in [0.3, 0.4) is 0 Å². The highest BCUT2D eigenvalue weighted by Crippen LogP contribution is 2.67. The van der Waals surface area contributed by atoms with E-state index in [-0.39, 0.29) is 13.0 Å². The number of hydrogen-bond donors (Lipinski definition) is 3. The third-order valence-electron chi connectivity index (χ3n) is 4.93. The van der Waals surface area contributed by atoms with E-state index in [0.29, 0.717) is 15.6 Å². The van der Waals surface area contributed by atoms with Gasteiger partial charge in [-0.15, -0.1) is 0 Å². The van der Waals surface area contributed by atoms with Gasteiger partial charge in [0.15, 0.2) is 0 Å². The third kappa shape index (κ3) is 2.30. The minimum atomic E-state index is -2.60. The fraction of sp³-hybridized carbons (Fsp3) is 0.467. The van der Waals surface area contributed by atoms with Crippen molar-refractivity contribution in [2.75, 3.05) is 0 Å². The number of halogens is 3. The van der Waals surface area contributed by atoms with Gasteiger partial charge in [0.1, 0.15) is 5.54 Å². The van der Waals surface area contributed by atoms with Crippen molar-refractivity contribution in [3.8, 4) is 0 Å². The molecule has 0 aliphatic heterocycles. The van der Waals surface area contributed by atoms with Crippen LogP contribution in [-0.2, 0) is 20.9 Å². The number of nitrogens with two attached hydrogens (primary N) is 1. The number of carboxylic acids is 2. The number of alkyl halides is 1. The van der Waals surface area contributed by atoms with E-state index in [0.717, 1.165) is 0 Å². The molecule has 6 nitrogen and oxygen atoms in total. The molecule has 24 heavy (non-hydrogen) atoms. The number of aliphatic carboxylic acids is 2. The Bertz CT molecular complexity index is 732. The van der Waals surface area contributed by atoms with Crippen LogP contribution in [0.1, 0.15) is 12.0 Å². The summed E-state index contributed by atoms with van der Waals surface area (Å²) >= 11 is 11.7. The molecule has 2 saturated carbocycles. The van der Waals surface area contributed by atoms with Crippen LogP contribution in [0.15, 0.2) is 18.2 Å². The minimum absolute atomic E-state index is 0.000414. The Kier molecular flexibility index (Phi) is 4.03. The largest absolute Gasteiger partial charge is 0.480 e. The zero-order valence-electron chi connectivity index (χ0n) is 12.2. The highest BCUT2D eigenvalue weighted by Gasteiger charge is 2.85. The van der Waals surface area contributed by atoms with E-state index in [1.54, 1.807) is 18.2 Å². The van der Waals surface area contributed by atoms with Crippen LogP contribution in [0.5, 0.6) is 0 Å². The number of rotatable bonds is 5. The maximum absolute atomic E-state index is 14.4. The van der Waals surface area contributed by atoms with Gasteiger partial charge in [0.2, 0.25) is 5.67 Å². The normalized spacial score (nSPS) is 37.1. The van der Waals surface area contributed by atoms with Crippen LogP contribution < -0.4 is 5.73 Å². The van der Waals surface area contributed by atoms with Gasteiger partial charge in [-0.2, -0.15) is 0 Å². The number of fused-ring (bicyclic) bond motifs is 1. The molecule has 3 rings (SSSR count). The number of hydrogen-bond acceptors (Lipinski definition) is 4. The predicted octanol–water partition coefficient (Wildman–Crippen LogP) is 2.10. The molecule has 0 heterocycles. The molecular weight excluding hydrogens is 364 g/mol. The van der Waals surface area contributed by atoms with Gasteiger partial charge in [0.25, 0.3) is 0 Å². The van der Waals surface area contributed by atoms with E-state index in [4.69, 9.17) is 38.8 Å². The molecule has 5 atom stereocenters. The summed E-state index contributed by atoms with van der Waals surface area (Å²) in [7, 11) is 0. The molecule has 0 bridgehead atoms. The minimum Gasteiger partial charge on any atom is -0.480 e. The monoisotopic (exact) mass is 377 g/mol. The molecule has 2 aliphatic carbocycles. The number of carbonyl (C=O) groups is 2. The number of benzene rings is 1. The summed E-state index contributed by atoms with van der Waals surface area (Å²) in [6.07, 6.45) is -1.07. The third-order valence-corrected chi connectivity index (χ3v) is 5.67. The summed E-state index contributed by atoms with van der Waals surface area (Å²) in [5, 5.41) is 19.1. The molecule has 1 aromatic carbocycles. The lowest BCUT2D eigenvalue weighted by Gasteiger charge is -2.31. The molecule has 1 aromatic rings. The first kappa shape index (κ1) is 17.4. The van der Waals surface area contributed by atoms with Gasteiger partial charge in [0.05, 0.1) is 22.8 Å². The Morgan fingerprint density at radius 1 is 1.29 bits per heavy atom. The molecule has 0 amide bonds. The molecule has 2 fully saturated rings. The smallest absolute Gasteiger partial charge is 0.342 e. The first-order chi connectivity index (χ1) is 11.1. The summed E-state index contributed by atoms with van der Waals surface area (Å²) in [5.41, 5.74) is 1.84. The van der Waals surface area contributed by atoms with Crippen LogP contribution in [0.2, 0.25) is 10.0 Å². The van der Waals surface area contributed by atoms with E-state index >= 15 is 0 Å². The molecule has 4 N–H and O–H groups in total. The van der Waals surface area contributed by atoms with Crippen LogP contribution in [0.4, 0.5) is 4.39 Å². The topological polar surface area (TPSA) is 110 Å². The van der Waals surface area contributed by atoms with Crippen molar-refractivity contribution in [3.05, 3.63) is 33.8 Å². The lowest BCUT2D eigenvalue weighted by molar-refractivity contribution is -0.156. The van der Waals surface area contributed by atoms with Crippen molar-refractivity contribution in [1.82, 2.24) is 0 Å². The molecule has 0 radical (unpaired) electrons. The average molecular weight is 378 g/mol. The van der Waals surface area contributed by atoms with E-state index in [2.05, 4.69) is 0 Å². The van der Waals surface area contributed by atoms with E-state index < -0.39 is 41.1 Å². The van der Waals surface area contributed by atoms with Gasteiger partial charge in [0, 0.05) is 11.8 Å². The molecule has 0 spiro atoms. The van der Waals surface area contributed by atoms with Crippen molar-refractivity contribution in [1.29, 1.82) is 0 Å². The highest BCUT2D eigenvalue weighted by atomic mass is 35.5. The van der Waals surface area contributed by atoms with Crippen LogP contribution in [0, 0.1) is 11.8 Å². The fourth-order valence-corrected chi connectivity index (χ4v) is 3.95. The first-order valence-electron chi connectivity index (χ1n) is 7.13. The first-order valence-corrected chi connectivity index (χ1v) is 7.89. The van der Waals surface area contributed by atoms with Gasteiger partial charge in [-0.05, 0) is 24.1 Å². The van der Waals surface area contributed by atoms with E-state index in [9.17, 15) is 19.1 Å². The van der Waals surface area contributed by atoms with Crippen LogP contribution >= 0.6 is 23.2 Å². The van der Waals surface area contributed by atoms with Gasteiger partial charge >= 0.3 is 11.9 Å². The Morgan fingerprint density at radius 2 is 1.96 bits per heavy atom.